The Balaban J connectivity index is 1.93. The molecule has 0 aliphatic carbocycles. The maximum atomic E-state index is 12.1. The number of nitrogens with one attached hydrogen (secondary N) is 1. The van der Waals surface area contributed by atoms with Gasteiger partial charge in [-0.25, -0.2) is 0 Å². The number of rotatable bonds is 6. The number of benzene rings is 1. The van der Waals surface area contributed by atoms with E-state index >= 15 is 0 Å². The molecule has 1 heterocycles. The van der Waals surface area contributed by atoms with E-state index in [2.05, 4.69) is 27.3 Å². The average molecular weight is 373 g/mol. The number of hydrogen-bond donors (Lipinski definition) is 1. The van der Waals surface area contributed by atoms with E-state index in [9.17, 15) is 8.78 Å². The summed E-state index contributed by atoms with van der Waals surface area (Å²) < 4.78 is 30.4. The maximum absolute atomic E-state index is 12.1. The van der Waals surface area contributed by atoms with E-state index in [-0.39, 0.29) is 5.75 Å². The molecule has 2 rings (SSSR count). The van der Waals surface area contributed by atoms with Crippen molar-refractivity contribution in [1.29, 1.82) is 5.26 Å². The molecule has 110 valence electrons. The van der Waals surface area contributed by atoms with Crippen LogP contribution in [-0.2, 0) is 12.3 Å². The predicted molar refractivity (Wildman–Crippen MR) is 82.2 cm³/mol. The molecule has 0 saturated heterocycles. The van der Waals surface area contributed by atoms with E-state index in [1.807, 2.05) is 0 Å². The lowest BCUT2D eigenvalue weighted by Crippen LogP contribution is -1.99. The molecule has 0 atom stereocenters. The van der Waals surface area contributed by atoms with E-state index in [0.717, 1.165) is 10.2 Å². The molecule has 0 radical (unpaired) electrons. The molecule has 0 aliphatic rings. The first kappa shape index (κ1) is 15.9. The number of nitriles is 1. The van der Waals surface area contributed by atoms with Gasteiger partial charge in [0, 0.05) is 10.2 Å². The number of halogens is 3. The second-order valence-electron chi connectivity index (χ2n) is 4.10. The predicted octanol–water partition coefficient (Wildman–Crippen LogP) is 4.98. The van der Waals surface area contributed by atoms with E-state index in [4.69, 9.17) is 9.68 Å². The van der Waals surface area contributed by atoms with Crippen LogP contribution in [0, 0.1) is 11.3 Å². The van der Waals surface area contributed by atoms with Crippen molar-refractivity contribution in [2.45, 2.75) is 18.1 Å². The average Bonchev–Trinajstić information content (AvgIpc) is 2.91. The Hall–Kier alpha value is -1.52. The number of nitrogens with zero attached hydrogens (tertiary/aromatic N) is 1. The minimum absolute atomic E-state index is 0.151. The Morgan fingerprint density at radius 3 is 2.71 bits per heavy atom. The first-order chi connectivity index (χ1) is 10.1. The molecule has 21 heavy (non-hydrogen) atoms. The molecular weight excluding hydrogens is 362 g/mol. The smallest absolute Gasteiger partial charge is 0.284 e. The van der Waals surface area contributed by atoms with Crippen LogP contribution in [0.2, 0.25) is 0 Å². The van der Waals surface area contributed by atoms with Crippen molar-refractivity contribution in [3.05, 3.63) is 51.9 Å². The second-order valence-corrected chi connectivity index (χ2v) is 5.93. The normalized spacial score (nSPS) is 10.6. The topological polar surface area (TPSA) is 49.0 Å². The molecule has 0 aliphatic heterocycles. The van der Waals surface area contributed by atoms with Crippen LogP contribution in [-0.4, -0.2) is 5.76 Å². The van der Waals surface area contributed by atoms with E-state index in [1.165, 1.54) is 0 Å². The highest BCUT2D eigenvalue weighted by atomic mass is 79.9. The van der Waals surface area contributed by atoms with E-state index in [0.29, 0.717) is 35.4 Å². The zero-order valence-electron chi connectivity index (χ0n) is 10.8. The van der Waals surface area contributed by atoms with Gasteiger partial charge in [-0.2, -0.15) is 14.0 Å². The highest BCUT2D eigenvalue weighted by Gasteiger charge is 2.08. The molecule has 3 nitrogen and oxygen atoms in total. The minimum Gasteiger partial charge on any atom is -0.463 e. The summed E-state index contributed by atoms with van der Waals surface area (Å²) in [7, 11) is 0. The van der Waals surface area contributed by atoms with Crippen molar-refractivity contribution in [2.75, 3.05) is 5.32 Å². The van der Waals surface area contributed by atoms with Crippen LogP contribution < -0.4 is 5.32 Å². The second kappa shape index (κ2) is 7.48. The molecule has 0 amide bonds. The minimum atomic E-state index is -2.40. The van der Waals surface area contributed by atoms with Crippen LogP contribution in [0.4, 0.5) is 14.5 Å². The summed E-state index contributed by atoms with van der Waals surface area (Å²) in [5.74, 6) is -1.06. The van der Waals surface area contributed by atoms with Crippen LogP contribution in [0.1, 0.15) is 17.1 Å². The Bertz CT molecular complexity index is 655. The van der Waals surface area contributed by atoms with Gasteiger partial charge < -0.3 is 9.73 Å². The molecule has 1 N–H and O–H groups in total. The SMILES string of the molecule is N#Cc1ccc(NCc2ccc(CSC(F)F)o2)c(Br)c1. The largest absolute Gasteiger partial charge is 0.463 e. The van der Waals surface area contributed by atoms with Crippen molar-refractivity contribution in [1.82, 2.24) is 0 Å². The quantitative estimate of drug-likeness (QED) is 0.776. The number of furan rings is 1. The van der Waals surface area contributed by atoms with Gasteiger partial charge in [0.25, 0.3) is 5.76 Å². The maximum Gasteiger partial charge on any atom is 0.284 e. The van der Waals surface area contributed by atoms with Gasteiger partial charge >= 0.3 is 0 Å². The van der Waals surface area contributed by atoms with Crippen LogP contribution in [0.15, 0.2) is 39.2 Å². The van der Waals surface area contributed by atoms with Gasteiger partial charge in [-0.3, -0.25) is 0 Å². The van der Waals surface area contributed by atoms with Gasteiger partial charge in [0.05, 0.1) is 23.9 Å². The molecule has 2 aromatic rings. The molecule has 0 spiro atoms. The number of anilines is 1. The third-order valence-electron chi connectivity index (χ3n) is 2.62. The van der Waals surface area contributed by atoms with Crippen LogP contribution in [0.5, 0.6) is 0 Å². The number of thioether (sulfide) groups is 1. The van der Waals surface area contributed by atoms with Gasteiger partial charge in [-0.05, 0) is 46.3 Å². The van der Waals surface area contributed by atoms with Crippen molar-refractivity contribution in [3.8, 4) is 6.07 Å². The number of hydrogen-bond acceptors (Lipinski definition) is 4. The van der Waals surface area contributed by atoms with Crippen molar-refractivity contribution >= 4 is 33.4 Å². The lowest BCUT2D eigenvalue weighted by atomic mass is 10.2. The standard InChI is InChI=1S/C14H11BrF2N2OS/c15-12-5-9(6-18)1-4-13(12)19-7-10-2-3-11(20-10)8-21-14(16)17/h1-5,14,19H,7-8H2. The summed E-state index contributed by atoms with van der Waals surface area (Å²) in [6.07, 6.45) is 0. The van der Waals surface area contributed by atoms with Crippen LogP contribution in [0.25, 0.3) is 0 Å². The van der Waals surface area contributed by atoms with Gasteiger partial charge in [0.2, 0.25) is 0 Å². The van der Waals surface area contributed by atoms with Gasteiger partial charge in [-0.15, -0.1) is 0 Å². The van der Waals surface area contributed by atoms with Crippen molar-refractivity contribution in [2.24, 2.45) is 0 Å². The molecule has 0 fully saturated rings. The monoisotopic (exact) mass is 372 g/mol. The lowest BCUT2D eigenvalue weighted by molar-refractivity contribution is 0.251. The molecule has 1 aromatic carbocycles. The fourth-order valence-electron chi connectivity index (χ4n) is 1.65. The van der Waals surface area contributed by atoms with Crippen molar-refractivity contribution < 1.29 is 13.2 Å². The summed E-state index contributed by atoms with van der Waals surface area (Å²) in [6.45, 7) is 0.434. The van der Waals surface area contributed by atoms with Crippen molar-refractivity contribution in [3.63, 3.8) is 0 Å². The fourth-order valence-corrected chi connectivity index (χ4v) is 2.61. The number of alkyl halides is 2. The first-order valence-corrected chi connectivity index (χ1v) is 7.83. The molecule has 7 heteroatoms. The molecule has 0 unspecified atom stereocenters. The molecule has 1 aromatic heterocycles. The molecule has 0 saturated carbocycles. The van der Waals surface area contributed by atoms with Gasteiger partial charge in [0.15, 0.2) is 0 Å². The zero-order valence-corrected chi connectivity index (χ0v) is 13.2. The highest BCUT2D eigenvalue weighted by molar-refractivity contribution is 9.10. The van der Waals surface area contributed by atoms with Crippen LogP contribution >= 0.6 is 27.7 Å². The Morgan fingerprint density at radius 2 is 2.05 bits per heavy atom. The van der Waals surface area contributed by atoms with Crippen LogP contribution in [0.3, 0.4) is 0 Å². The Kier molecular flexibility index (Phi) is 5.65. The first-order valence-electron chi connectivity index (χ1n) is 5.99. The summed E-state index contributed by atoms with van der Waals surface area (Å²) >= 11 is 3.91. The zero-order chi connectivity index (χ0) is 15.2. The highest BCUT2D eigenvalue weighted by Crippen LogP contribution is 2.25. The van der Waals surface area contributed by atoms with Gasteiger partial charge in [0.1, 0.15) is 11.5 Å². The Labute approximate surface area is 133 Å². The third-order valence-corrected chi connectivity index (χ3v) is 3.98. The van der Waals surface area contributed by atoms with E-state index in [1.54, 1.807) is 30.3 Å². The fraction of sp³-hybridized carbons (Fsp3) is 0.214. The summed E-state index contributed by atoms with van der Waals surface area (Å²) in [4.78, 5) is 0. The summed E-state index contributed by atoms with van der Waals surface area (Å²) in [5, 5.41) is 11.9. The Morgan fingerprint density at radius 1 is 1.29 bits per heavy atom. The van der Waals surface area contributed by atoms with Gasteiger partial charge in [-0.1, -0.05) is 11.8 Å². The lowest BCUT2D eigenvalue weighted by Gasteiger charge is -2.07. The van der Waals surface area contributed by atoms with E-state index < -0.39 is 5.76 Å². The molecule has 0 bridgehead atoms. The molecular formula is C14H11BrF2N2OS. The summed E-state index contributed by atoms with van der Waals surface area (Å²) in [6, 6.07) is 10.7. The summed E-state index contributed by atoms with van der Waals surface area (Å²) in [5.41, 5.74) is 1.39. The third kappa shape index (κ3) is 4.76.